The molecule has 1 heterocycles. The number of aliphatic carboxylic acids is 1. The van der Waals surface area contributed by atoms with Crippen molar-refractivity contribution in [3.05, 3.63) is 60.0 Å². The third kappa shape index (κ3) is 7.55. The molecule has 0 aromatic heterocycles. The standard InChI is InChI=1S/C32H39N3O8S2/c1-5-34(6-2)22-12-15-25-28(19-22)43-29-20-23(35(7-3)8-4)13-16-26(29)32(25)27-17-14-24(21-30(27)45(40,41)42)44(38,39)33-18-10-9-11-31(36)37/h12-17,19-21,33H,5-11,18H2,1-4H3,(H-,36,37,40,41,42). The molecule has 0 bridgehead atoms. The van der Waals surface area contributed by atoms with E-state index in [9.17, 15) is 26.2 Å². The number of unbranched alkanes of at least 4 members (excludes halogenated alkanes) is 1. The van der Waals surface area contributed by atoms with Crippen LogP contribution in [0.15, 0.2) is 68.8 Å². The van der Waals surface area contributed by atoms with Crippen molar-refractivity contribution in [1.82, 2.24) is 9.30 Å². The highest BCUT2D eigenvalue weighted by Gasteiger charge is 2.25. The molecule has 0 spiro atoms. The number of hydrogen-bond acceptors (Lipinski definition) is 8. The van der Waals surface area contributed by atoms with E-state index in [0.29, 0.717) is 27.9 Å². The minimum Gasteiger partial charge on any atom is -0.744 e. The summed E-state index contributed by atoms with van der Waals surface area (Å²) >= 11 is 0. The Morgan fingerprint density at radius 1 is 0.911 bits per heavy atom. The first-order valence-electron chi connectivity index (χ1n) is 15.0. The summed E-state index contributed by atoms with van der Waals surface area (Å²) in [6, 6.07) is 14.7. The lowest BCUT2D eigenvalue weighted by atomic mass is 9.93. The zero-order valence-electron chi connectivity index (χ0n) is 25.9. The molecular weight excluding hydrogens is 618 g/mol. The van der Waals surface area contributed by atoms with Crippen molar-refractivity contribution in [1.29, 1.82) is 0 Å². The molecule has 0 unspecified atom stereocenters. The first-order valence-corrected chi connectivity index (χ1v) is 17.9. The Bertz CT molecular complexity index is 1960. The van der Waals surface area contributed by atoms with E-state index in [-0.39, 0.29) is 36.3 Å². The molecule has 242 valence electrons. The summed E-state index contributed by atoms with van der Waals surface area (Å²) in [6.45, 7) is 11.2. The molecule has 0 atom stereocenters. The van der Waals surface area contributed by atoms with Crippen LogP contribution in [-0.4, -0.2) is 65.2 Å². The highest BCUT2D eigenvalue weighted by molar-refractivity contribution is 7.89. The zero-order chi connectivity index (χ0) is 32.9. The predicted molar refractivity (Wildman–Crippen MR) is 173 cm³/mol. The Hall–Kier alpha value is -3.78. The molecule has 11 nitrogen and oxygen atoms in total. The number of benzene rings is 3. The van der Waals surface area contributed by atoms with E-state index in [1.165, 1.54) is 12.1 Å². The van der Waals surface area contributed by atoms with Crippen molar-refractivity contribution in [3.63, 3.8) is 0 Å². The number of carboxylic acids is 1. The number of anilines is 1. The Kier molecular flexibility index (Phi) is 10.7. The maximum atomic E-state index is 13.0. The summed E-state index contributed by atoms with van der Waals surface area (Å²) < 4.78 is 75.2. The summed E-state index contributed by atoms with van der Waals surface area (Å²) in [5.74, 6) is -0.506. The molecule has 0 saturated heterocycles. The molecule has 2 N–H and O–H groups in total. The van der Waals surface area contributed by atoms with Gasteiger partial charge in [-0.05, 0) is 70.9 Å². The van der Waals surface area contributed by atoms with E-state index in [0.717, 1.165) is 43.3 Å². The SMILES string of the molecule is CCN(CC)c1ccc2c(-c3ccc(S(=O)(=O)NCCCCC(=O)O)cc3S(=O)(=O)[O-])c3ccc(=[N+](CC)CC)cc-3oc2c1. The van der Waals surface area contributed by atoms with Gasteiger partial charge in [-0.15, -0.1) is 0 Å². The predicted octanol–water partition coefficient (Wildman–Crippen LogP) is 4.30. The van der Waals surface area contributed by atoms with Gasteiger partial charge in [-0.2, -0.15) is 0 Å². The van der Waals surface area contributed by atoms with Crippen LogP contribution < -0.4 is 19.6 Å². The Labute approximate surface area is 264 Å². The normalized spacial score (nSPS) is 12.1. The number of fused-ring (bicyclic) bond motifs is 2. The molecule has 1 aliphatic heterocycles. The number of sulfonamides is 1. The van der Waals surface area contributed by atoms with E-state index >= 15 is 0 Å². The van der Waals surface area contributed by atoms with Crippen LogP contribution in [0.1, 0.15) is 47.0 Å². The third-order valence-electron chi connectivity index (χ3n) is 7.86. The first-order chi connectivity index (χ1) is 21.3. The molecule has 2 aromatic rings. The number of hydrogen-bond donors (Lipinski definition) is 2. The molecule has 0 amide bonds. The molecular formula is C32H39N3O8S2. The van der Waals surface area contributed by atoms with Gasteiger partial charge in [-0.1, -0.05) is 6.07 Å². The van der Waals surface area contributed by atoms with Crippen LogP contribution >= 0.6 is 0 Å². The lowest BCUT2D eigenvalue weighted by Crippen LogP contribution is -2.29. The van der Waals surface area contributed by atoms with Crippen molar-refractivity contribution >= 4 is 42.8 Å². The fourth-order valence-corrected chi connectivity index (χ4v) is 7.39. The van der Waals surface area contributed by atoms with Crippen LogP contribution in [0.25, 0.3) is 33.4 Å². The van der Waals surface area contributed by atoms with E-state index < -0.39 is 31.0 Å². The third-order valence-corrected chi connectivity index (χ3v) is 10.2. The van der Waals surface area contributed by atoms with Crippen molar-refractivity contribution < 1.29 is 35.7 Å². The quantitative estimate of drug-likeness (QED) is 0.0872. The van der Waals surface area contributed by atoms with Crippen molar-refractivity contribution in [2.45, 2.75) is 56.7 Å². The second-order valence-corrected chi connectivity index (χ2v) is 13.7. The Morgan fingerprint density at radius 2 is 1.60 bits per heavy atom. The zero-order valence-corrected chi connectivity index (χ0v) is 27.5. The van der Waals surface area contributed by atoms with Crippen LogP contribution in [0.3, 0.4) is 0 Å². The molecule has 0 radical (unpaired) electrons. The molecule has 1 aliphatic carbocycles. The number of nitrogens with zero attached hydrogens (tertiary/aromatic N) is 2. The van der Waals surface area contributed by atoms with Gasteiger partial charge in [-0.3, -0.25) is 4.79 Å². The van der Waals surface area contributed by atoms with Crippen LogP contribution in [0.5, 0.6) is 0 Å². The second kappa shape index (κ2) is 14.1. The topological polar surface area (TPSA) is 160 Å². The largest absolute Gasteiger partial charge is 0.744 e. The maximum absolute atomic E-state index is 13.0. The highest BCUT2D eigenvalue weighted by Crippen LogP contribution is 2.43. The number of rotatable bonds is 14. The van der Waals surface area contributed by atoms with Crippen molar-refractivity contribution in [2.75, 3.05) is 37.6 Å². The molecule has 45 heavy (non-hydrogen) atoms. The molecule has 0 saturated carbocycles. The van der Waals surface area contributed by atoms with Crippen molar-refractivity contribution in [2.24, 2.45) is 0 Å². The van der Waals surface area contributed by atoms with Gasteiger partial charge in [0.15, 0.2) is 0 Å². The van der Waals surface area contributed by atoms with Crippen LogP contribution in [0, 0.1) is 0 Å². The van der Waals surface area contributed by atoms with Gasteiger partial charge in [0.2, 0.25) is 15.4 Å². The monoisotopic (exact) mass is 657 g/mol. The summed E-state index contributed by atoms with van der Waals surface area (Å²) in [4.78, 5) is 11.8. The smallest absolute Gasteiger partial charge is 0.303 e. The second-order valence-electron chi connectivity index (χ2n) is 10.5. The summed E-state index contributed by atoms with van der Waals surface area (Å²) in [5, 5.41) is 10.3. The maximum Gasteiger partial charge on any atom is 0.303 e. The lowest BCUT2D eigenvalue weighted by Gasteiger charge is -2.23. The van der Waals surface area contributed by atoms with E-state index in [2.05, 4.69) is 14.2 Å². The van der Waals surface area contributed by atoms with E-state index in [1.807, 2.05) is 64.1 Å². The molecule has 2 aliphatic rings. The fraction of sp³-hybridized carbons (Fsp3) is 0.375. The van der Waals surface area contributed by atoms with Crippen LogP contribution in [0.2, 0.25) is 0 Å². The average molecular weight is 658 g/mol. The molecule has 13 heteroatoms. The minimum atomic E-state index is -5.15. The van der Waals surface area contributed by atoms with Gasteiger partial charge in [0.05, 0.1) is 15.9 Å². The fourth-order valence-electron chi connectivity index (χ4n) is 5.50. The number of carbonyl (C=O) groups is 1. The Balaban J connectivity index is 1.97. The summed E-state index contributed by atoms with van der Waals surface area (Å²) in [7, 11) is -9.35. The summed E-state index contributed by atoms with van der Waals surface area (Å²) in [6.07, 6.45) is 0.433. The highest BCUT2D eigenvalue weighted by atomic mass is 32.2. The van der Waals surface area contributed by atoms with E-state index in [1.54, 1.807) is 0 Å². The van der Waals surface area contributed by atoms with Gasteiger partial charge >= 0.3 is 5.97 Å². The minimum absolute atomic E-state index is 0.0456. The van der Waals surface area contributed by atoms with Gasteiger partial charge in [0.25, 0.3) is 0 Å². The van der Waals surface area contributed by atoms with Gasteiger partial charge in [-0.25, -0.2) is 26.1 Å². The first kappa shape index (κ1) is 34.1. The molecule has 2 aromatic carbocycles. The Morgan fingerprint density at radius 3 is 2.22 bits per heavy atom. The van der Waals surface area contributed by atoms with Gasteiger partial charge in [0, 0.05) is 66.0 Å². The van der Waals surface area contributed by atoms with Crippen LogP contribution in [0.4, 0.5) is 5.69 Å². The average Bonchev–Trinajstić information content (AvgIpc) is 3.00. The number of carboxylic acid groups (broad SMARTS) is 1. The van der Waals surface area contributed by atoms with Gasteiger partial charge < -0.3 is 19.0 Å². The molecule has 0 fully saturated rings. The number of nitrogens with one attached hydrogen (secondary N) is 1. The van der Waals surface area contributed by atoms with Crippen molar-refractivity contribution in [3.8, 4) is 22.5 Å². The summed E-state index contributed by atoms with van der Waals surface area (Å²) in [5.41, 5.74) is 2.44. The van der Waals surface area contributed by atoms with Gasteiger partial charge in [0.1, 0.15) is 34.6 Å². The van der Waals surface area contributed by atoms with Crippen LogP contribution in [-0.2, 0) is 24.9 Å². The lowest BCUT2D eigenvalue weighted by molar-refractivity contribution is -0.137. The molecule has 4 rings (SSSR count). The van der Waals surface area contributed by atoms with E-state index in [4.69, 9.17) is 9.52 Å².